The van der Waals surface area contributed by atoms with Crippen molar-refractivity contribution in [3.63, 3.8) is 0 Å². The molecule has 0 radical (unpaired) electrons. The van der Waals surface area contributed by atoms with E-state index in [1.165, 1.54) is 11.6 Å². The lowest BCUT2D eigenvalue weighted by Crippen LogP contribution is -2.49. The van der Waals surface area contributed by atoms with Crippen molar-refractivity contribution in [1.29, 1.82) is 0 Å². The molecular weight excluding hydrogens is 447 g/mol. The van der Waals surface area contributed by atoms with Gasteiger partial charge in [-0.15, -0.1) is 0 Å². The summed E-state index contributed by atoms with van der Waals surface area (Å²) in [4.78, 5) is 20.5. The summed E-state index contributed by atoms with van der Waals surface area (Å²) in [7, 11) is 0. The van der Waals surface area contributed by atoms with Gasteiger partial charge in [-0.25, -0.2) is 0 Å². The highest BCUT2D eigenvalue weighted by Gasteiger charge is 2.47. The van der Waals surface area contributed by atoms with Gasteiger partial charge < -0.3 is 14.7 Å². The number of hydrogen-bond acceptors (Lipinski definition) is 5. The average Bonchev–Trinajstić information content (AvgIpc) is 3.40. The van der Waals surface area contributed by atoms with E-state index in [1.54, 1.807) is 11.8 Å². The van der Waals surface area contributed by atoms with E-state index in [9.17, 15) is 23.1 Å². The Morgan fingerprint density at radius 2 is 1.88 bits per heavy atom. The lowest BCUT2D eigenvalue weighted by Gasteiger charge is -2.38. The number of amides is 1. The Kier molecular flexibility index (Phi) is 6.61. The second-order valence-corrected chi connectivity index (χ2v) is 9.37. The summed E-state index contributed by atoms with van der Waals surface area (Å²) in [6, 6.07) is 6.43. The Labute approximate surface area is 197 Å². The third-order valence-electron chi connectivity index (χ3n) is 7.05. The molecule has 0 unspecified atom stereocenters. The van der Waals surface area contributed by atoms with E-state index in [-0.39, 0.29) is 36.2 Å². The van der Waals surface area contributed by atoms with Crippen LogP contribution in [0.1, 0.15) is 59.1 Å². The fourth-order valence-corrected chi connectivity index (χ4v) is 5.09. The van der Waals surface area contributed by atoms with Gasteiger partial charge in [0.15, 0.2) is 0 Å². The molecule has 2 aliphatic rings. The fourth-order valence-electron chi connectivity index (χ4n) is 5.09. The highest BCUT2D eigenvalue weighted by atomic mass is 19.4. The number of piperazine rings is 1. The van der Waals surface area contributed by atoms with Crippen LogP contribution in [0.15, 0.2) is 30.5 Å². The molecule has 2 aliphatic heterocycles. The normalized spacial score (nSPS) is 22.2. The predicted molar refractivity (Wildman–Crippen MR) is 121 cm³/mol. The van der Waals surface area contributed by atoms with Crippen LogP contribution < -0.4 is 4.74 Å². The van der Waals surface area contributed by atoms with Gasteiger partial charge in [-0.05, 0) is 69.0 Å². The standard InChI is InChI=1S/C25H30F3N3O3/c1-14(32)13-34-22-7-6-21(15(2)16(22)3)17(4)30-11-20-9-19(30)12-31(20)24(33)18-5-8-23(29-10-18)25(26,27)28/h5-8,10,14,17,19-20,32H,9,11-13H2,1-4H3/t14-,17-,19-,20-/m0/s1. The molecule has 9 heteroatoms. The molecule has 1 amide bonds. The molecule has 2 aromatic rings. The van der Waals surface area contributed by atoms with Crippen molar-refractivity contribution in [2.75, 3.05) is 19.7 Å². The zero-order valence-electron chi connectivity index (χ0n) is 19.8. The molecule has 2 bridgehead atoms. The zero-order valence-corrected chi connectivity index (χ0v) is 19.8. The van der Waals surface area contributed by atoms with Gasteiger partial charge in [0.1, 0.15) is 18.1 Å². The molecule has 1 N–H and O–H groups in total. The number of carbonyl (C=O) groups excluding carboxylic acids is 1. The molecular formula is C25H30F3N3O3. The van der Waals surface area contributed by atoms with Crippen LogP contribution in [-0.2, 0) is 6.18 Å². The number of pyridine rings is 1. The monoisotopic (exact) mass is 477 g/mol. The minimum absolute atomic E-state index is 0.0253. The number of hydrogen-bond donors (Lipinski definition) is 1. The Morgan fingerprint density at radius 3 is 2.44 bits per heavy atom. The Bertz CT molecular complexity index is 1060. The summed E-state index contributed by atoms with van der Waals surface area (Å²) in [5, 5.41) is 9.49. The molecule has 0 saturated carbocycles. The number of nitrogens with zero attached hydrogens (tertiary/aromatic N) is 3. The SMILES string of the molecule is Cc1c(OC[C@H](C)O)ccc([C@H](C)N2C[C@@H]3C[C@H]2CN3C(=O)c2ccc(C(F)(F)F)nc2)c1C. The minimum Gasteiger partial charge on any atom is -0.491 e. The molecule has 2 fully saturated rings. The van der Waals surface area contributed by atoms with Crippen LogP contribution >= 0.6 is 0 Å². The number of benzene rings is 1. The van der Waals surface area contributed by atoms with Gasteiger partial charge in [0.25, 0.3) is 5.91 Å². The van der Waals surface area contributed by atoms with E-state index in [0.29, 0.717) is 13.1 Å². The lowest BCUT2D eigenvalue weighted by molar-refractivity contribution is -0.141. The first-order chi connectivity index (χ1) is 16.0. The first-order valence-electron chi connectivity index (χ1n) is 11.5. The number of fused-ring (bicyclic) bond motifs is 2. The lowest BCUT2D eigenvalue weighted by atomic mass is 9.96. The second kappa shape index (κ2) is 9.19. The molecule has 184 valence electrons. The topological polar surface area (TPSA) is 65.9 Å². The van der Waals surface area contributed by atoms with E-state index in [1.807, 2.05) is 13.0 Å². The van der Waals surface area contributed by atoms with E-state index in [0.717, 1.165) is 35.6 Å². The van der Waals surface area contributed by atoms with Gasteiger partial charge in [0, 0.05) is 37.4 Å². The van der Waals surface area contributed by atoms with Crippen molar-refractivity contribution < 1.29 is 27.8 Å². The average molecular weight is 478 g/mol. The molecule has 0 aliphatic carbocycles. The van der Waals surface area contributed by atoms with Crippen LogP contribution in [0.25, 0.3) is 0 Å². The maximum Gasteiger partial charge on any atom is 0.433 e. The number of aliphatic hydroxyl groups is 1. The third-order valence-corrected chi connectivity index (χ3v) is 7.05. The van der Waals surface area contributed by atoms with Crippen molar-refractivity contribution >= 4 is 5.91 Å². The van der Waals surface area contributed by atoms with Gasteiger partial charge in [-0.1, -0.05) is 6.07 Å². The summed E-state index contributed by atoms with van der Waals surface area (Å²) < 4.78 is 44.0. The third kappa shape index (κ3) is 4.63. The van der Waals surface area contributed by atoms with E-state index >= 15 is 0 Å². The predicted octanol–water partition coefficient (Wildman–Crippen LogP) is 4.14. The Morgan fingerprint density at radius 1 is 1.15 bits per heavy atom. The molecule has 3 heterocycles. The zero-order chi connectivity index (χ0) is 24.8. The van der Waals surface area contributed by atoms with Crippen molar-refractivity contribution in [2.24, 2.45) is 0 Å². The number of rotatable bonds is 6. The van der Waals surface area contributed by atoms with Crippen LogP contribution in [0.4, 0.5) is 13.2 Å². The molecule has 1 aromatic carbocycles. The van der Waals surface area contributed by atoms with Crippen molar-refractivity contribution in [3.05, 3.63) is 58.4 Å². The molecule has 34 heavy (non-hydrogen) atoms. The highest BCUT2D eigenvalue weighted by Crippen LogP contribution is 2.39. The number of aromatic nitrogens is 1. The maximum atomic E-state index is 12.9. The molecule has 6 nitrogen and oxygen atoms in total. The van der Waals surface area contributed by atoms with Crippen LogP contribution in [0, 0.1) is 13.8 Å². The summed E-state index contributed by atoms with van der Waals surface area (Å²) in [5.74, 6) is 0.492. The minimum atomic E-state index is -4.52. The van der Waals surface area contributed by atoms with Gasteiger partial charge >= 0.3 is 6.18 Å². The number of ether oxygens (including phenoxy) is 1. The largest absolute Gasteiger partial charge is 0.491 e. The fraction of sp³-hybridized carbons (Fsp3) is 0.520. The van der Waals surface area contributed by atoms with Crippen LogP contribution in [0.3, 0.4) is 0 Å². The van der Waals surface area contributed by atoms with E-state index in [2.05, 4.69) is 29.8 Å². The molecule has 4 atom stereocenters. The number of halogens is 3. The molecule has 1 aromatic heterocycles. The number of alkyl halides is 3. The van der Waals surface area contributed by atoms with Crippen LogP contribution in [0.2, 0.25) is 0 Å². The molecule has 0 spiro atoms. The summed E-state index contributed by atoms with van der Waals surface area (Å²) in [5.41, 5.74) is 2.56. The van der Waals surface area contributed by atoms with Crippen LogP contribution in [-0.4, -0.2) is 63.7 Å². The second-order valence-electron chi connectivity index (χ2n) is 9.37. The van der Waals surface area contributed by atoms with Gasteiger partial charge in [0.05, 0.1) is 11.7 Å². The van der Waals surface area contributed by atoms with Gasteiger partial charge in [0.2, 0.25) is 0 Å². The number of carbonyl (C=O) groups is 1. The van der Waals surface area contributed by atoms with Gasteiger partial charge in [-0.2, -0.15) is 13.2 Å². The summed E-state index contributed by atoms with van der Waals surface area (Å²) in [6.07, 6.45) is -3.20. The first kappa shape index (κ1) is 24.5. The van der Waals surface area contributed by atoms with Crippen molar-refractivity contribution in [1.82, 2.24) is 14.8 Å². The Hall–Kier alpha value is -2.65. The highest BCUT2D eigenvalue weighted by molar-refractivity contribution is 5.94. The Balaban J connectivity index is 1.43. The van der Waals surface area contributed by atoms with Crippen molar-refractivity contribution in [2.45, 2.75) is 64.5 Å². The van der Waals surface area contributed by atoms with Crippen LogP contribution in [0.5, 0.6) is 5.75 Å². The summed E-state index contributed by atoms with van der Waals surface area (Å²) in [6.45, 7) is 9.42. The first-order valence-corrected chi connectivity index (χ1v) is 11.5. The quantitative estimate of drug-likeness (QED) is 0.678. The smallest absolute Gasteiger partial charge is 0.433 e. The van der Waals surface area contributed by atoms with E-state index < -0.39 is 18.0 Å². The van der Waals surface area contributed by atoms with Gasteiger partial charge in [-0.3, -0.25) is 14.7 Å². The summed E-state index contributed by atoms with van der Waals surface area (Å²) >= 11 is 0. The molecule has 4 rings (SSSR count). The maximum absolute atomic E-state index is 12.9. The van der Waals surface area contributed by atoms with Crippen molar-refractivity contribution in [3.8, 4) is 5.75 Å². The number of aliphatic hydroxyl groups excluding tert-OH is 1. The number of likely N-dealkylation sites (tertiary alicyclic amines) is 2. The molecule has 2 saturated heterocycles. The van der Waals surface area contributed by atoms with E-state index in [4.69, 9.17) is 4.74 Å².